The zero-order valence-electron chi connectivity index (χ0n) is 16.7. The topological polar surface area (TPSA) is 52.6 Å². The van der Waals surface area contributed by atoms with Gasteiger partial charge < -0.3 is 19.5 Å². The number of pyridine rings is 1. The molecule has 0 aliphatic heterocycles. The molecule has 5 nitrogen and oxygen atoms in total. The van der Waals surface area contributed by atoms with Crippen molar-refractivity contribution in [2.75, 3.05) is 20.3 Å². The fourth-order valence-corrected chi connectivity index (χ4v) is 3.20. The molecule has 0 aliphatic carbocycles. The lowest BCUT2D eigenvalue weighted by Gasteiger charge is -2.15. The first-order valence-corrected chi connectivity index (χ1v) is 10.4. The van der Waals surface area contributed by atoms with Gasteiger partial charge in [-0.1, -0.05) is 41.4 Å². The summed E-state index contributed by atoms with van der Waals surface area (Å²) in [5, 5.41) is 4.58. The van der Waals surface area contributed by atoms with E-state index in [9.17, 15) is 0 Å². The second kappa shape index (κ2) is 11.6. The Balaban J connectivity index is 1.47. The SMILES string of the molecule is COc1cc(CNCCCOc2ccccn2)cc(Cl)c1OCc1ccc(Cl)cc1. The predicted molar refractivity (Wildman–Crippen MR) is 120 cm³/mol. The van der Waals surface area contributed by atoms with Crippen molar-refractivity contribution in [3.05, 3.63) is 82.0 Å². The van der Waals surface area contributed by atoms with Gasteiger partial charge >= 0.3 is 0 Å². The van der Waals surface area contributed by atoms with E-state index in [-0.39, 0.29) is 0 Å². The minimum atomic E-state index is 0.376. The molecule has 2 aromatic carbocycles. The molecule has 0 saturated heterocycles. The van der Waals surface area contributed by atoms with Gasteiger partial charge in [-0.25, -0.2) is 4.98 Å². The molecule has 0 spiro atoms. The van der Waals surface area contributed by atoms with E-state index < -0.39 is 0 Å². The lowest BCUT2D eigenvalue weighted by molar-refractivity contribution is 0.284. The van der Waals surface area contributed by atoms with E-state index in [1.54, 1.807) is 13.3 Å². The van der Waals surface area contributed by atoms with Gasteiger partial charge in [0.2, 0.25) is 5.88 Å². The second-order valence-electron chi connectivity index (χ2n) is 6.57. The molecule has 0 atom stereocenters. The average molecular weight is 447 g/mol. The summed E-state index contributed by atoms with van der Waals surface area (Å²) >= 11 is 12.4. The maximum Gasteiger partial charge on any atom is 0.213 e. The lowest BCUT2D eigenvalue weighted by atomic mass is 10.2. The summed E-state index contributed by atoms with van der Waals surface area (Å²) in [6, 6.07) is 16.9. The first-order chi connectivity index (χ1) is 14.7. The molecule has 0 unspecified atom stereocenters. The van der Waals surface area contributed by atoms with Crippen LogP contribution in [0.1, 0.15) is 17.5 Å². The summed E-state index contributed by atoms with van der Waals surface area (Å²) in [7, 11) is 1.60. The average Bonchev–Trinajstić information content (AvgIpc) is 2.77. The Morgan fingerprint density at radius 3 is 2.53 bits per heavy atom. The van der Waals surface area contributed by atoms with Crippen LogP contribution in [0.2, 0.25) is 10.0 Å². The smallest absolute Gasteiger partial charge is 0.213 e. The van der Waals surface area contributed by atoms with Crippen molar-refractivity contribution in [2.45, 2.75) is 19.6 Å². The van der Waals surface area contributed by atoms with Crippen LogP contribution in [0.25, 0.3) is 0 Å². The van der Waals surface area contributed by atoms with Gasteiger partial charge in [-0.3, -0.25) is 0 Å². The van der Waals surface area contributed by atoms with Gasteiger partial charge in [0, 0.05) is 23.8 Å². The number of halogens is 2. The Kier molecular flexibility index (Phi) is 8.63. The van der Waals surface area contributed by atoms with Gasteiger partial charge in [0.15, 0.2) is 11.5 Å². The molecule has 30 heavy (non-hydrogen) atoms. The van der Waals surface area contributed by atoms with Crippen molar-refractivity contribution in [1.29, 1.82) is 0 Å². The van der Waals surface area contributed by atoms with Crippen LogP contribution in [0.4, 0.5) is 0 Å². The molecule has 0 fully saturated rings. The van der Waals surface area contributed by atoms with Gasteiger partial charge in [-0.05, 0) is 54.4 Å². The van der Waals surface area contributed by atoms with Crippen LogP contribution in [0.15, 0.2) is 60.8 Å². The number of ether oxygens (including phenoxy) is 3. The molecule has 158 valence electrons. The van der Waals surface area contributed by atoms with Gasteiger partial charge in [0.1, 0.15) is 6.61 Å². The summed E-state index contributed by atoms with van der Waals surface area (Å²) in [4.78, 5) is 4.13. The quantitative estimate of drug-likeness (QED) is 0.392. The highest BCUT2D eigenvalue weighted by atomic mass is 35.5. The molecule has 0 amide bonds. The molecule has 1 heterocycles. The monoisotopic (exact) mass is 446 g/mol. The van der Waals surface area contributed by atoms with Crippen molar-refractivity contribution in [3.8, 4) is 17.4 Å². The molecular weight excluding hydrogens is 423 g/mol. The lowest BCUT2D eigenvalue weighted by Crippen LogP contribution is -2.17. The van der Waals surface area contributed by atoms with Crippen LogP contribution in [0, 0.1) is 0 Å². The van der Waals surface area contributed by atoms with Crippen LogP contribution >= 0.6 is 23.2 Å². The van der Waals surface area contributed by atoms with Crippen LogP contribution < -0.4 is 19.5 Å². The highest BCUT2D eigenvalue weighted by Crippen LogP contribution is 2.37. The first-order valence-electron chi connectivity index (χ1n) is 9.64. The molecule has 7 heteroatoms. The number of rotatable bonds is 11. The van der Waals surface area contributed by atoms with E-state index in [2.05, 4.69) is 10.3 Å². The van der Waals surface area contributed by atoms with E-state index in [0.29, 0.717) is 47.2 Å². The highest BCUT2D eigenvalue weighted by Gasteiger charge is 2.12. The van der Waals surface area contributed by atoms with Crippen molar-refractivity contribution in [1.82, 2.24) is 10.3 Å². The van der Waals surface area contributed by atoms with Crippen LogP contribution in [0.5, 0.6) is 17.4 Å². The fraction of sp³-hybridized carbons (Fsp3) is 0.261. The van der Waals surface area contributed by atoms with Gasteiger partial charge in [0.25, 0.3) is 0 Å². The van der Waals surface area contributed by atoms with Crippen LogP contribution in [-0.4, -0.2) is 25.2 Å². The minimum Gasteiger partial charge on any atom is -0.493 e. The van der Waals surface area contributed by atoms with Crippen molar-refractivity contribution in [3.63, 3.8) is 0 Å². The van der Waals surface area contributed by atoms with Crippen molar-refractivity contribution >= 4 is 23.2 Å². The van der Waals surface area contributed by atoms with Gasteiger partial charge in [0.05, 0.1) is 18.7 Å². The molecule has 0 bridgehead atoms. The zero-order chi connectivity index (χ0) is 21.2. The summed E-state index contributed by atoms with van der Waals surface area (Å²) < 4.78 is 17.0. The van der Waals surface area contributed by atoms with E-state index >= 15 is 0 Å². The summed E-state index contributed by atoms with van der Waals surface area (Å²) in [5.74, 6) is 1.77. The largest absolute Gasteiger partial charge is 0.493 e. The number of benzene rings is 2. The van der Waals surface area contributed by atoms with E-state index in [1.807, 2.05) is 54.6 Å². The molecule has 0 saturated carbocycles. The molecule has 0 radical (unpaired) electrons. The predicted octanol–water partition coefficient (Wildman–Crippen LogP) is 5.53. The third kappa shape index (κ3) is 6.80. The zero-order valence-corrected chi connectivity index (χ0v) is 18.2. The standard InChI is InChI=1S/C23H24Cl2N2O3/c1-28-21-14-18(15-26-10-4-12-29-22-5-2-3-11-27-22)13-20(25)23(21)30-16-17-6-8-19(24)9-7-17/h2-3,5-9,11,13-14,26H,4,10,12,15-16H2,1H3. The van der Waals surface area contributed by atoms with Crippen molar-refractivity contribution < 1.29 is 14.2 Å². The Morgan fingerprint density at radius 2 is 1.80 bits per heavy atom. The summed E-state index contributed by atoms with van der Waals surface area (Å²) in [6.45, 7) is 2.45. The third-order valence-electron chi connectivity index (χ3n) is 4.30. The Labute approximate surface area is 186 Å². The van der Waals surface area contributed by atoms with Crippen molar-refractivity contribution in [2.24, 2.45) is 0 Å². The number of hydrogen-bond acceptors (Lipinski definition) is 5. The number of nitrogens with one attached hydrogen (secondary N) is 1. The van der Waals surface area contributed by atoms with E-state index in [1.165, 1.54) is 0 Å². The Morgan fingerprint density at radius 1 is 0.967 bits per heavy atom. The van der Waals surface area contributed by atoms with E-state index in [0.717, 1.165) is 24.1 Å². The first kappa shape index (κ1) is 22.2. The number of methoxy groups -OCH3 is 1. The molecule has 1 N–H and O–H groups in total. The number of nitrogens with zero attached hydrogens (tertiary/aromatic N) is 1. The molecule has 3 rings (SSSR count). The maximum atomic E-state index is 6.45. The number of hydrogen-bond donors (Lipinski definition) is 1. The summed E-state index contributed by atoms with van der Waals surface area (Å²) in [5.41, 5.74) is 2.01. The highest BCUT2D eigenvalue weighted by molar-refractivity contribution is 6.32. The molecular formula is C23H24Cl2N2O3. The van der Waals surface area contributed by atoms with Crippen LogP contribution in [0.3, 0.4) is 0 Å². The Hall–Kier alpha value is -2.47. The van der Waals surface area contributed by atoms with E-state index in [4.69, 9.17) is 37.4 Å². The molecule has 1 aromatic heterocycles. The van der Waals surface area contributed by atoms with Crippen LogP contribution in [-0.2, 0) is 13.2 Å². The summed E-state index contributed by atoms with van der Waals surface area (Å²) in [6.07, 6.45) is 2.58. The second-order valence-corrected chi connectivity index (χ2v) is 7.41. The maximum absolute atomic E-state index is 6.45. The van der Waals surface area contributed by atoms with Gasteiger partial charge in [-0.2, -0.15) is 0 Å². The van der Waals surface area contributed by atoms with Gasteiger partial charge in [-0.15, -0.1) is 0 Å². The Bertz CT molecular complexity index is 922. The molecule has 0 aliphatic rings. The molecule has 3 aromatic rings. The third-order valence-corrected chi connectivity index (χ3v) is 4.83. The normalized spacial score (nSPS) is 10.6. The number of aromatic nitrogens is 1. The fourth-order valence-electron chi connectivity index (χ4n) is 2.79. The minimum absolute atomic E-state index is 0.376.